The lowest BCUT2D eigenvalue weighted by Gasteiger charge is -2.33. The summed E-state index contributed by atoms with van der Waals surface area (Å²) in [5.41, 5.74) is 0.0594. The van der Waals surface area contributed by atoms with Crippen molar-refractivity contribution in [2.75, 3.05) is 25.1 Å². The standard InChI is InChI=1S/C25H40IN5O4Si/c1-25(2,3)35-24(33)28(4)20-16-9-10-18(20)31(13-16)23-27-21-19(22(32)29(23)5)17(26)14-30(21)15-34-11-12-36(6,7)8/h14,16,18,20H,9-13,15H2,1-8H3/t16-,18-,20-/m0/s1. The van der Waals surface area contributed by atoms with Crippen molar-refractivity contribution >= 4 is 53.7 Å². The van der Waals surface area contributed by atoms with Crippen molar-refractivity contribution < 1.29 is 14.3 Å². The number of hydrogen-bond donors (Lipinski definition) is 0. The highest BCUT2D eigenvalue weighted by Gasteiger charge is 2.51. The summed E-state index contributed by atoms with van der Waals surface area (Å²) in [6, 6.07) is 1.22. The molecule has 0 spiro atoms. The zero-order chi connectivity index (χ0) is 26.6. The van der Waals surface area contributed by atoms with Gasteiger partial charge in [0.2, 0.25) is 5.95 Å². The third-order valence-corrected chi connectivity index (χ3v) is 9.70. The van der Waals surface area contributed by atoms with Crippen LogP contribution in [0, 0.1) is 9.49 Å². The number of carbonyl (C=O) groups excluding carboxylic acids is 1. The fraction of sp³-hybridized carbons (Fsp3) is 0.720. The summed E-state index contributed by atoms with van der Waals surface area (Å²) in [5, 5.41) is 0.627. The summed E-state index contributed by atoms with van der Waals surface area (Å²) in [6.07, 6.45) is 3.65. The van der Waals surface area contributed by atoms with E-state index in [0.29, 0.717) is 36.2 Å². The van der Waals surface area contributed by atoms with Crippen LogP contribution in [-0.2, 0) is 23.3 Å². The molecule has 200 valence electrons. The number of ether oxygens (including phenoxy) is 2. The van der Waals surface area contributed by atoms with Gasteiger partial charge in [0.1, 0.15) is 12.3 Å². The molecule has 0 aromatic carbocycles. The molecule has 0 N–H and O–H groups in total. The predicted octanol–water partition coefficient (Wildman–Crippen LogP) is 4.49. The van der Waals surface area contributed by atoms with E-state index in [2.05, 4.69) is 47.1 Å². The summed E-state index contributed by atoms with van der Waals surface area (Å²) in [6.45, 7) is 14.5. The van der Waals surface area contributed by atoms with Crippen LogP contribution in [0.4, 0.5) is 10.7 Å². The van der Waals surface area contributed by atoms with Gasteiger partial charge in [-0.3, -0.25) is 9.36 Å². The summed E-state index contributed by atoms with van der Waals surface area (Å²) in [5.74, 6) is 0.970. The molecule has 2 aliphatic rings. The number of hydrogen-bond acceptors (Lipinski definition) is 6. The number of fused-ring (bicyclic) bond motifs is 3. The Hall–Kier alpha value is -1.60. The Morgan fingerprint density at radius 3 is 2.61 bits per heavy atom. The van der Waals surface area contributed by atoms with Crippen LogP contribution in [0.5, 0.6) is 0 Å². The van der Waals surface area contributed by atoms with Gasteiger partial charge in [0.15, 0.2) is 5.65 Å². The molecule has 0 unspecified atom stereocenters. The van der Waals surface area contributed by atoms with Crippen molar-refractivity contribution in [3.8, 4) is 0 Å². The number of rotatable bonds is 7. The molecule has 11 heteroatoms. The zero-order valence-electron chi connectivity index (χ0n) is 22.8. The summed E-state index contributed by atoms with van der Waals surface area (Å²) >= 11 is 2.21. The van der Waals surface area contributed by atoms with Gasteiger partial charge in [-0.05, 0) is 68.2 Å². The number of aromatic nitrogens is 3. The van der Waals surface area contributed by atoms with Crippen molar-refractivity contribution in [2.45, 2.75) is 83.7 Å². The molecule has 36 heavy (non-hydrogen) atoms. The van der Waals surface area contributed by atoms with E-state index in [0.717, 1.165) is 29.0 Å². The molecule has 1 saturated carbocycles. The van der Waals surface area contributed by atoms with E-state index < -0.39 is 13.7 Å². The average molecular weight is 630 g/mol. The number of likely N-dealkylation sites (N-methyl/N-ethyl adjacent to an activating group) is 1. The van der Waals surface area contributed by atoms with Gasteiger partial charge in [0, 0.05) is 45.1 Å². The molecule has 4 rings (SSSR count). The van der Waals surface area contributed by atoms with Gasteiger partial charge >= 0.3 is 6.09 Å². The molecule has 9 nitrogen and oxygen atoms in total. The molecule has 3 heterocycles. The van der Waals surface area contributed by atoms with Crippen molar-refractivity contribution in [1.82, 2.24) is 19.0 Å². The molecule has 3 atom stereocenters. The molecule has 2 fully saturated rings. The van der Waals surface area contributed by atoms with E-state index >= 15 is 0 Å². The molecular weight excluding hydrogens is 589 g/mol. The maximum absolute atomic E-state index is 13.4. The Morgan fingerprint density at radius 1 is 1.28 bits per heavy atom. The minimum Gasteiger partial charge on any atom is -0.444 e. The Labute approximate surface area is 228 Å². The van der Waals surface area contributed by atoms with Crippen molar-refractivity contribution in [3.05, 3.63) is 20.1 Å². The number of amides is 1. The Bertz CT molecular complexity index is 1200. The van der Waals surface area contributed by atoms with Gasteiger partial charge in [-0.1, -0.05) is 19.6 Å². The second kappa shape index (κ2) is 9.94. The van der Waals surface area contributed by atoms with E-state index in [-0.39, 0.29) is 23.7 Å². The van der Waals surface area contributed by atoms with Gasteiger partial charge in [0.05, 0.1) is 17.5 Å². The first-order chi connectivity index (χ1) is 16.7. The molecular formula is C25H40IN5O4Si. The molecule has 1 saturated heterocycles. The molecule has 1 aliphatic heterocycles. The minimum absolute atomic E-state index is 0.0317. The largest absolute Gasteiger partial charge is 0.444 e. The first-order valence-electron chi connectivity index (χ1n) is 12.7. The fourth-order valence-electron chi connectivity index (χ4n) is 5.38. The van der Waals surface area contributed by atoms with Crippen LogP contribution in [-0.4, -0.2) is 71.1 Å². The second-order valence-electron chi connectivity index (χ2n) is 12.4. The van der Waals surface area contributed by atoms with E-state index in [1.54, 1.807) is 16.5 Å². The molecule has 2 bridgehead atoms. The van der Waals surface area contributed by atoms with Crippen molar-refractivity contribution in [1.29, 1.82) is 0 Å². The lowest BCUT2D eigenvalue weighted by molar-refractivity contribution is 0.0202. The van der Waals surface area contributed by atoms with Crippen LogP contribution in [0.1, 0.15) is 33.6 Å². The number of anilines is 1. The van der Waals surface area contributed by atoms with E-state index in [1.165, 1.54) is 0 Å². The van der Waals surface area contributed by atoms with Crippen LogP contribution in [0.3, 0.4) is 0 Å². The first-order valence-corrected chi connectivity index (χ1v) is 17.5. The predicted molar refractivity (Wildman–Crippen MR) is 153 cm³/mol. The Morgan fingerprint density at radius 2 is 1.97 bits per heavy atom. The van der Waals surface area contributed by atoms with E-state index in [4.69, 9.17) is 14.5 Å². The SMILES string of the molecule is CN(C(=O)OC(C)(C)C)[C@H]1[C@H]2CC[C@@H]1N(c1nc3c(c(I)cn3COCC[Si](C)(C)C)c(=O)n1C)C2. The van der Waals surface area contributed by atoms with E-state index in [1.807, 2.05) is 38.6 Å². The van der Waals surface area contributed by atoms with Gasteiger partial charge in [-0.15, -0.1) is 0 Å². The number of piperidine rings is 1. The molecule has 2 aromatic heterocycles. The lowest BCUT2D eigenvalue weighted by Crippen LogP contribution is -2.47. The van der Waals surface area contributed by atoms with Crippen LogP contribution in [0.25, 0.3) is 11.0 Å². The smallest absolute Gasteiger partial charge is 0.410 e. The van der Waals surface area contributed by atoms with E-state index in [9.17, 15) is 9.59 Å². The number of nitrogens with zero attached hydrogens (tertiary/aromatic N) is 5. The first kappa shape index (κ1) is 27.4. The quantitative estimate of drug-likeness (QED) is 0.255. The highest BCUT2D eigenvalue weighted by Crippen LogP contribution is 2.42. The Balaban J connectivity index is 1.61. The molecule has 1 amide bonds. The number of halogens is 1. The van der Waals surface area contributed by atoms with Crippen LogP contribution in [0.2, 0.25) is 25.7 Å². The third kappa shape index (κ3) is 5.47. The third-order valence-electron chi connectivity index (χ3n) is 7.18. The summed E-state index contributed by atoms with van der Waals surface area (Å²) in [7, 11) is 2.44. The van der Waals surface area contributed by atoms with Gasteiger partial charge in [0.25, 0.3) is 5.56 Å². The Kier molecular flexibility index (Phi) is 7.57. The molecule has 0 radical (unpaired) electrons. The molecule has 1 aliphatic carbocycles. The normalized spacial score (nSPS) is 22.0. The second-order valence-corrected chi connectivity index (χ2v) is 19.2. The van der Waals surface area contributed by atoms with Crippen LogP contribution in [0.15, 0.2) is 11.0 Å². The van der Waals surface area contributed by atoms with Crippen molar-refractivity contribution in [2.24, 2.45) is 13.0 Å². The van der Waals surface area contributed by atoms with Crippen LogP contribution >= 0.6 is 22.6 Å². The fourth-order valence-corrected chi connectivity index (χ4v) is 6.95. The average Bonchev–Trinajstić information content (AvgIpc) is 3.42. The van der Waals surface area contributed by atoms with Gasteiger partial charge in [-0.25, -0.2) is 4.79 Å². The maximum atomic E-state index is 13.4. The van der Waals surface area contributed by atoms with Gasteiger partial charge in [-0.2, -0.15) is 4.98 Å². The van der Waals surface area contributed by atoms with Crippen LogP contribution < -0.4 is 10.5 Å². The highest BCUT2D eigenvalue weighted by atomic mass is 127. The van der Waals surface area contributed by atoms with Gasteiger partial charge < -0.3 is 23.8 Å². The maximum Gasteiger partial charge on any atom is 0.410 e. The lowest BCUT2D eigenvalue weighted by atomic mass is 10.1. The number of carbonyl (C=O) groups is 1. The summed E-state index contributed by atoms with van der Waals surface area (Å²) < 4.78 is 16.1. The topological polar surface area (TPSA) is 81.8 Å². The minimum atomic E-state index is -1.18. The summed E-state index contributed by atoms with van der Waals surface area (Å²) in [4.78, 5) is 35.3. The monoisotopic (exact) mass is 629 g/mol. The van der Waals surface area contributed by atoms with Crippen molar-refractivity contribution in [3.63, 3.8) is 0 Å². The molecule has 2 aromatic rings. The highest BCUT2D eigenvalue weighted by molar-refractivity contribution is 14.1. The zero-order valence-corrected chi connectivity index (χ0v) is 26.0.